The second-order valence-corrected chi connectivity index (χ2v) is 3.41. The summed E-state index contributed by atoms with van der Waals surface area (Å²) in [5, 5.41) is 8.75. The van der Waals surface area contributed by atoms with Gasteiger partial charge in [-0.25, -0.2) is 4.79 Å². The molecule has 0 atom stereocenters. The molecule has 0 bridgehead atoms. The van der Waals surface area contributed by atoms with Crippen LogP contribution in [0.5, 0.6) is 0 Å². The van der Waals surface area contributed by atoms with Crippen molar-refractivity contribution in [2.75, 3.05) is 0 Å². The molecule has 1 N–H and O–H groups in total. The summed E-state index contributed by atoms with van der Waals surface area (Å²) in [5.74, 6) is -0.228. The summed E-state index contributed by atoms with van der Waals surface area (Å²) in [6.07, 6.45) is 4.29. The van der Waals surface area contributed by atoms with Crippen LogP contribution >= 0.6 is 0 Å². The fourth-order valence-corrected chi connectivity index (χ4v) is 0.944. The van der Waals surface area contributed by atoms with Crippen molar-refractivity contribution in [2.24, 2.45) is 5.92 Å². The van der Waals surface area contributed by atoms with Crippen LogP contribution in [0.3, 0.4) is 0 Å². The van der Waals surface area contributed by atoms with E-state index < -0.39 is 5.97 Å². The highest BCUT2D eigenvalue weighted by Gasteiger charge is 2.04. The molecule has 0 aromatic heterocycles. The summed E-state index contributed by atoms with van der Waals surface area (Å²) < 4.78 is 0. The second kappa shape index (κ2) is 5.81. The lowest BCUT2D eigenvalue weighted by molar-refractivity contribution is -0.132. The van der Waals surface area contributed by atoms with E-state index in [1.807, 2.05) is 13.0 Å². The van der Waals surface area contributed by atoms with Gasteiger partial charge < -0.3 is 5.11 Å². The van der Waals surface area contributed by atoms with Crippen LogP contribution in [0.1, 0.15) is 40.0 Å². The van der Waals surface area contributed by atoms with Crippen LogP contribution in [-0.2, 0) is 4.79 Å². The van der Waals surface area contributed by atoms with E-state index in [1.54, 1.807) is 0 Å². The Morgan fingerprint density at radius 3 is 2.42 bits per heavy atom. The first-order valence-corrected chi connectivity index (χ1v) is 4.50. The lowest BCUT2D eigenvalue weighted by Gasteiger charge is -2.01. The van der Waals surface area contributed by atoms with Crippen LogP contribution < -0.4 is 0 Å². The van der Waals surface area contributed by atoms with Crippen LogP contribution in [0, 0.1) is 5.92 Å². The summed E-state index contributed by atoms with van der Waals surface area (Å²) in [4.78, 5) is 10.6. The van der Waals surface area contributed by atoms with Gasteiger partial charge in [0, 0.05) is 5.57 Å². The van der Waals surface area contributed by atoms with Gasteiger partial charge in [0.05, 0.1) is 0 Å². The molecule has 0 fully saturated rings. The zero-order chi connectivity index (χ0) is 9.56. The van der Waals surface area contributed by atoms with Crippen LogP contribution in [-0.4, -0.2) is 11.1 Å². The van der Waals surface area contributed by atoms with Crippen molar-refractivity contribution in [1.29, 1.82) is 0 Å². The summed E-state index contributed by atoms with van der Waals surface area (Å²) >= 11 is 0. The molecule has 0 radical (unpaired) electrons. The maximum Gasteiger partial charge on any atom is 0.331 e. The maximum atomic E-state index is 10.6. The predicted octanol–water partition coefficient (Wildman–Crippen LogP) is 2.84. The van der Waals surface area contributed by atoms with Crippen molar-refractivity contribution in [3.8, 4) is 0 Å². The van der Waals surface area contributed by atoms with Crippen molar-refractivity contribution in [3.05, 3.63) is 11.6 Å². The number of carbonyl (C=O) groups is 1. The van der Waals surface area contributed by atoms with Gasteiger partial charge in [-0.2, -0.15) is 0 Å². The van der Waals surface area contributed by atoms with Gasteiger partial charge in [0.1, 0.15) is 0 Å². The molecule has 0 rings (SSSR count). The van der Waals surface area contributed by atoms with Crippen LogP contribution in [0.25, 0.3) is 0 Å². The minimum absolute atomic E-state index is 0.538. The van der Waals surface area contributed by atoms with Crippen LogP contribution in [0.4, 0.5) is 0 Å². The SMILES string of the molecule is CCCC(=CCC(C)C)C(=O)O. The van der Waals surface area contributed by atoms with Gasteiger partial charge >= 0.3 is 5.97 Å². The van der Waals surface area contributed by atoms with Gasteiger partial charge in [-0.3, -0.25) is 0 Å². The van der Waals surface area contributed by atoms with Gasteiger partial charge in [-0.15, -0.1) is 0 Å². The monoisotopic (exact) mass is 170 g/mol. The third-order valence-electron chi connectivity index (χ3n) is 1.63. The minimum Gasteiger partial charge on any atom is -0.478 e. The summed E-state index contributed by atoms with van der Waals surface area (Å²) in [6.45, 7) is 6.16. The van der Waals surface area contributed by atoms with Crippen molar-refractivity contribution in [1.82, 2.24) is 0 Å². The van der Waals surface area contributed by atoms with Crippen molar-refractivity contribution < 1.29 is 9.90 Å². The van der Waals surface area contributed by atoms with E-state index in [0.29, 0.717) is 17.9 Å². The molecular weight excluding hydrogens is 152 g/mol. The highest BCUT2D eigenvalue weighted by Crippen LogP contribution is 2.09. The standard InChI is InChI=1S/C10H18O2/c1-4-5-9(10(11)12)7-6-8(2)3/h7-8H,4-6H2,1-3H3,(H,11,12). The lowest BCUT2D eigenvalue weighted by Crippen LogP contribution is -2.00. The van der Waals surface area contributed by atoms with E-state index >= 15 is 0 Å². The molecule has 12 heavy (non-hydrogen) atoms. The average molecular weight is 170 g/mol. The molecule has 0 aromatic rings. The lowest BCUT2D eigenvalue weighted by atomic mass is 10.1. The normalized spacial score (nSPS) is 12.2. The summed E-state index contributed by atoms with van der Waals surface area (Å²) in [5.41, 5.74) is 0.561. The third kappa shape index (κ3) is 4.94. The molecule has 2 heteroatoms. The Morgan fingerprint density at radius 2 is 2.08 bits per heavy atom. The molecule has 0 saturated heterocycles. The smallest absolute Gasteiger partial charge is 0.331 e. The molecule has 0 aliphatic heterocycles. The second-order valence-electron chi connectivity index (χ2n) is 3.41. The van der Waals surface area contributed by atoms with E-state index in [2.05, 4.69) is 13.8 Å². The zero-order valence-corrected chi connectivity index (χ0v) is 8.13. The maximum absolute atomic E-state index is 10.6. The first kappa shape index (κ1) is 11.2. The fraction of sp³-hybridized carbons (Fsp3) is 0.700. The van der Waals surface area contributed by atoms with Gasteiger partial charge in [0.25, 0.3) is 0 Å². The van der Waals surface area contributed by atoms with Crippen molar-refractivity contribution in [3.63, 3.8) is 0 Å². The Balaban J connectivity index is 4.09. The molecule has 0 heterocycles. The number of hydrogen-bond donors (Lipinski definition) is 1. The Morgan fingerprint density at radius 1 is 1.50 bits per heavy atom. The number of allylic oxidation sites excluding steroid dienone is 1. The van der Waals surface area contributed by atoms with Crippen molar-refractivity contribution >= 4 is 5.97 Å². The fourth-order valence-electron chi connectivity index (χ4n) is 0.944. The first-order chi connectivity index (χ1) is 5.57. The van der Waals surface area contributed by atoms with Gasteiger partial charge in [-0.05, 0) is 18.8 Å². The number of carboxylic acid groups (broad SMARTS) is 1. The number of rotatable bonds is 5. The highest BCUT2D eigenvalue weighted by atomic mass is 16.4. The molecule has 0 unspecified atom stereocenters. The number of aliphatic carboxylic acids is 1. The van der Waals surface area contributed by atoms with E-state index in [9.17, 15) is 4.79 Å². The van der Waals surface area contributed by atoms with E-state index in [0.717, 1.165) is 12.8 Å². The summed E-state index contributed by atoms with van der Waals surface area (Å²) in [6, 6.07) is 0. The molecule has 0 aromatic carbocycles. The predicted molar refractivity (Wildman–Crippen MR) is 50.1 cm³/mol. The average Bonchev–Trinajstić information content (AvgIpc) is 1.96. The third-order valence-corrected chi connectivity index (χ3v) is 1.63. The minimum atomic E-state index is -0.766. The highest BCUT2D eigenvalue weighted by molar-refractivity contribution is 5.86. The van der Waals surface area contributed by atoms with E-state index in [-0.39, 0.29) is 0 Å². The van der Waals surface area contributed by atoms with Crippen molar-refractivity contribution in [2.45, 2.75) is 40.0 Å². The number of carboxylic acids is 1. The molecule has 70 valence electrons. The Bertz CT molecular complexity index is 169. The molecule has 0 spiro atoms. The molecule has 0 amide bonds. The zero-order valence-electron chi connectivity index (χ0n) is 8.13. The molecule has 0 aliphatic rings. The van der Waals surface area contributed by atoms with Crippen LogP contribution in [0.15, 0.2) is 11.6 Å². The van der Waals surface area contributed by atoms with Gasteiger partial charge in [0.15, 0.2) is 0 Å². The van der Waals surface area contributed by atoms with Gasteiger partial charge in [0.2, 0.25) is 0 Å². The van der Waals surface area contributed by atoms with E-state index in [4.69, 9.17) is 5.11 Å². The molecule has 2 nitrogen and oxygen atoms in total. The van der Waals surface area contributed by atoms with Gasteiger partial charge in [-0.1, -0.05) is 33.3 Å². The first-order valence-electron chi connectivity index (χ1n) is 4.50. The largest absolute Gasteiger partial charge is 0.478 e. The topological polar surface area (TPSA) is 37.3 Å². The van der Waals surface area contributed by atoms with E-state index in [1.165, 1.54) is 0 Å². The Labute approximate surface area is 74.3 Å². The Hall–Kier alpha value is -0.790. The van der Waals surface area contributed by atoms with Crippen LogP contribution in [0.2, 0.25) is 0 Å². The molecular formula is C10H18O2. The Kier molecular flexibility index (Phi) is 5.43. The number of hydrogen-bond acceptors (Lipinski definition) is 1. The molecule has 0 saturated carbocycles. The summed E-state index contributed by atoms with van der Waals surface area (Å²) in [7, 11) is 0. The molecule has 0 aliphatic carbocycles. The quantitative estimate of drug-likeness (QED) is 0.644.